The Labute approximate surface area is 195 Å². The van der Waals surface area contributed by atoms with Crippen LogP contribution in [0.5, 0.6) is 0 Å². The van der Waals surface area contributed by atoms with Gasteiger partial charge in [0, 0.05) is 39.2 Å². The molecule has 2 heterocycles. The monoisotopic (exact) mass is 447 g/mol. The Kier molecular flexibility index (Phi) is 8.11. The number of benzene rings is 2. The van der Waals surface area contributed by atoms with Crippen molar-refractivity contribution in [2.24, 2.45) is 4.99 Å². The molecular formula is C26H33N5O2. The van der Waals surface area contributed by atoms with E-state index in [2.05, 4.69) is 76.2 Å². The highest BCUT2D eigenvalue weighted by Crippen LogP contribution is 2.17. The van der Waals surface area contributed by atoms with Gasteiger partial charge in [-0.3, -0.25) is 4.99 Å². The van der Waals surface area contributed by atoms with Crippen LogP contribution in [0, 0.1) is 0 Å². The van der Waals surface area contributed by atoms with Gasteiger partial charge >= 0.3 is 0 Å². The predicted octanol–water partition coefficient (Wildman–Crippen LogP) is 3.99. The van der Waals surface area contributed by atoms with E-state index >= 15 is 0 Å². The summed E-state index contributed by atoms with van der Waals surface area (Å²) in [5, 5.41) is 11.2. The molecule has 4 rings (SSSR count). The number of hydrogen-bond donors (Lipinski definition) is 2. The van der Waals surface area contributed by atoms with E-state index in [4.69, 9.17) is 9.47 Å². The SMILES string of the molecule is CN=C(NCc1cccc(COC2CCOCC2)c1)NC(C)c1cccc(-n2cccn2)c1. The van der Waals surface area contributed by atoms with Crippen molar-refractivity contribution in [3.63, 3.8) is 0 Å². The summed E-state index contributed by atoms with van der Waals surface area (Å²) in [5.74, 6) is 0.760. The number of ether oxygens (including phenoxy) is 2. The van der Waals surface area contributed by atoms with Gasteiger partial charge in [0.25, 0.3) is 0 Å². The van der Waals surface area contributed by atoms with Crippen molar-refractivity contribution in [2.75, 3.05) is 20.3 Å². The molecule has 1 fully saturated rings. The summed E-state index contributed by atoms with van der Waals surface area (Å²) in [6, 6.07) is 18.9. The van der Waals surface area contributed by atoms with Gasteiger partial charge in [0.1, 0.15) is 0 Å². The molecule has 1 saturated heterocycles. The van der Waals surface area contributed by atoms with E-state index < -0.39 is 0 Å². The van der Waals surface area contributed by atoms with Crippen LogP contribution in [-0.4, -0.2) is 42.1 Å². The number of hydrogen-bond acceptors (Lipinski definition) is 4. The first-order valence-electron chi connectivity index (χ1n) is 11.6. The van der Waals surface area contributed by atoms with Crippen molar-refractivity contribution in [3.8, 4) is 5.69 Å². The molecule has 2 N–H and O–H groups in total. The molecule has 0 radical (unpaired) electrons. The minimum absolute atomic E-state index is 0.0888. The van der Waals surface area contributed by atoms with Crippen LogP contribution in [0.2, 0.25) is 0 Å². The molecule has 0 amide bonds. The van der Waals surface area contributed by atoms with E-state index in [1.807, 2.05) is 16.9 Å². The molecule has 2 aromatic carbocycles. The van der Waals surface area contributed by atoms with Crippen LogP contribution in [0.3, 0.4) is 0 Å². The molecule has 0 saturated carbocycles. The molecule has 1 aliphatic rings. The standard InChI is InChI=1S/C26H33N5O2/c1-20(23-8-4-9-24(17-23)31-13-5-12-29-31)30-26(27-2)28-18-21-6-3-7-22(16-21)19-33-25-10-14-32-15-11-25/h3-9,12-13,16-17,20,25H,10-11,14-15,18-19H2,1-2H3,(H2,27,28,30). The largest absolute Gasteiger partial charge is 0.381 e. The minimum atomic E-state index is 0.0888. The zero-order valence-electron chi connectivity index (χ0n) is 19.4. The highest BCUT2D eigenvalue weighted by molar-refractivity contribution is 5.80. The second-order valence-electron chi connectivity index (χ2n) is 8.28. The fraction of sp³-hybridized carbons (Fsp3) is 0.385. The van der Waals surface area contributed by atoms with E-state index in [0.717, 1.165) is 37.7 Å². The summed E-state index contributed by atoms with van der Waals surface area (Å²) in [6.07, 6.45) is 5.99. The molecule has 1 aromatic heterocycles. The second kappa shape index (κ2) is 11.6. The number of nitrogens with one attached hydrogen (secondary N) is 2. The number of nitrogens with zero attached hydrogens (tertiary/aromatic N) is 3. The Morgan fingerprint density at radius 1 is 1.15 bits per heavy atom. The molecule has 3 aromatic rings. The van der Waals surface area contributed by atoms with Crippen LogP contribution >= 0.6 is 0 Å². The summed E-state index contributed by atoms with van der Waals surface area (Å²) >= 11 is 0. The van der Waals surface area contributed by atoms with Crippen molar-refractivity contribution in [2.45, 2.75) is 45.1 Å². The van der Waals surface area contributed by atoms with Crippen LogP contribution in [-0.2, 0) is 22.6 Å². The van der Waals surface area contributed by atoms with Gasteiger partial charge in [-0.05, 0) is 54.7 Å². The molecule has 174 valence electrons. The molecule has 1 aliphatic heterocycles. The van der Waals surface area contributed by atoms with Gasteiger partial charge in [-0.1, -0.05) is 36.4 Å². The molecule has 1 atom stereocenters. The molecule has 7 nitrogen and oxygen atoms in total. The Bertz CT molecular complexity index is 1030. The third-order valence-electron chi connectivity index (χ3n) is 5.82. The summed E-state index contributed by atoms with van der Waals surface area (Å²) in [6.45, 7) is 5.04. The zero-order valence-corrected chi connectivity index (χ0v) is 19.4. The van der Waals surface area contributed by atoms with Crippen LogP contribution in [0.1, 0.15) is 42.5 Å². The Balaban J connectivity index is 1.30. The number of aliphatic imine (C=N–C) groups is 1. The first-order chi connectivity index (χ1) is 16.2. The average molecular weight is 448 g/mol. The highest BCUT2D eigenvalue weighted by Gasteiger charge is 2.14. The fourth-order valence-corrected chi connectivity index (χ4v) is 3.91. The maximum atomic E-state index is 6.07. The molecule has 33 heavy (non-hydrogen) atoms. The van der Waals surface area contributed by atoms with Gasteiger partial charge in [0.15, 0.2) is 5.96 Å². The third kappa shape index (κ3) is 6.66. The Morgan fingerprint density at radius 3 is 2.76 bits per heavy atom. The molecule has 1 unspecified atom stereocenters. The maximum absolute atomic E-state index is 6.07. The first kappa shape index (κ1) is 23.0. The summed E-state index contributed by atoms with van der Waals surface area (Å²) in [7, 11) is 1.79. The lowest BCUT2D eigenvalue weighted by Gasteiger charge is -2.22. The van der Waals surface area contributed by atoms with E-state index in [0.29, 0.717) is 19.3 Å². The molecular weight excluding hydrogens is 414 g/mol. The summed E-state index contributed by atoms with van der Waals surface area (Å²) in [4.78, 5) is 4.40. The lowest BCUT2D eigenvalue weighted by Crippen LogP contribution is -2.38. The third-order valence-corrected chi connectivity index (χ3v) is 5.82. The normalized spacial score (nSPS) is 15.9. The smallest absolute Gasteiger partial charge is 0.191 e. The van der Waals surface area contributed by atoms with Crippen molar-refractivity contribution in [3.05, 3.63) is 83.7 Å². The topological polar surface area (TPSA) is 72.7 Å². The first-order valence-corrected chi connectivity index (χ1v) is 11.6. The lowest BCUT2D eigenvalue weighted by atomic mass is 10.1. The van der Waals surface area contributed by atoms with Gasteiger partial charge in [-0.2, -0.15) is 5.10 Å². The van der Waals surface area contributed by atoms with Crippen molar-refractivity contribution in [1.29, 1.82) is 0 Å². The number of rotatable bonds is 8. The number of aromatic nitrogens is 2. The maximum Gasteiger partial charge on any atom is 0.191 e. The van der Waals surface area contributed by atoms with Crippen molar-refractivity contribution in [1.82, 2.24) is 20.4 Å². The van der Waals surface area contributed by atoms with Crippen molar-refractivity contribution < 1.29 is 9.47 Å². The number of guanidine groups is 1. The van der Waals surface area contributed by atoms with Gasteiger partial charge in [0.05, 0.1) is 24.4 Å². The fourth-order valence-electron chi connectivity index (χ4n) is 3.91. The molecule has 0 spiro atoms. The van der Waals surface area contributed by atoms with Crippen molar-refractivity contribution >= 4 is 5.96 Å². The Morgan fingerprint density at radius 2 is 1.97 bits per heavy atom. The van der Waals surface area contributed by atoms with Gasteiger partial charge in [-0.15, -0.1) is 0 Å². The van der Waals surface area contributed by atoms with E-state index in [1.165, 1.54) is 16.7 Å². The van der Waals surface area contributed by atoms with Crippen LogP contribution in [0.15, 0.2) is 72.0 Å². The molecule has 0 bridgehead atoms. The summed E-state index contributed by atoms with van der Waals surface area (Å²) < 4.78 is 13.3. The predicted molar refractivity (Wildman–Crippen MR) is 130 cm³/mol. The molecule has 7 heteroatoms. The molecule has 0 aliphatic carbocycles. The van der Waals surface area contributed by atoms with Crippen LogP contribution in [0.4, 0.5) is 0 Å². The Hall–Kier alpha value is -3.16. The highest BCUT2D eigenvalue weighted by atomic mass is 16.5. The van der Waals surface area contributed by atoms with Gasteiger partial charge < -0.3 is 20.1 Å². The van der Waals surface area contributed by atoms with E-state index in [9.17, 15) is 0 Å². The van der Waals surface area contributed by atoms with Crippen LogP contribution < -0.4 is 10.6 Å². The lowest BCUT2D eigenvalue weighted by molar-refractivity contribution is -0.0390. The quantitative estimate of drug-likeness (QED) is 0.403. The summed E-state index contributed by atoms with van der Waals surface area (Å²) in [5.41, 5.74) is 4.58. The van der Waals surface area contributed by atoms with Crippen LogP contribution in [0.25, 0.3) is 5.69 Å². The van der Waals surface area contributed by atoms with E-state index in [-0.39, 0.29) is 6.04 Å². The second-order valence-corrected chi connectivity index (χ2v) is 8.28. The zero-order chi connectivity index (χ0) is 22.9. The average Bonchev–Trinajstić information content (AvgIpc) is 3.41. The van der Waals surface area contributed by atoms with E-state index in [1.54, 1.807) is 13.2 Å². The van der Waals surface area contributed by atoms with Gasteiger partial charge in [0.2, 0.25) is 0 Å². The van der Waals surface area contributed by atoms with Gasteiger partial charge in [-0.25, -0.2) is 4.68 Å². The minimum Gasteiger partial charge on any atom is -0.381 e.